The van der Waals surface area contributed by atoms with Crippen molar-refractivity contribution in [1.82, 2.24) is 4.98 Å². The minimum Gasteiger partial charge on any atom is -0.466 e. The number of carbonyl (C=O) groups is 1. The lowest BCUT2D eigenvalue weighted by molar-refractivity contribution is -0.142. The van der Waals surface area contributed by atoms with Gasteiger partial charge in [0.2, 0.25) is 5.82 Å². The summed E-state index contributed by atoms with van der Waals surface area (Å²) in [5, 5.41) is 0. The minimum atomic E-state index is -1.38. The van der Waals surface area contributed by atoms with Crippen molar-refractivity contribution in [2.24, 2.45) is 0 Å². The van der Waals surface area contributed by atoms with Gasteiger partial charge in [-0.2, -0.15) is 8.78 Å². The molecule has 100 valence electrons. The Morgan fingerprint density at radius 1 is 1.44 bits per heavy atom. The van der Waals surface area contributed by atoms with Gasteiger partial charge in [0, 0.05) is 13.6 Å². The molecule has 0 radical (unpaired) electrons. The molecule has 1 rings (SSSR count). The molecule has 0 spiro atoms. The molecular formula is C11H13F3N2O2. The first-order chi connectivity index (χ1) is 8.47. The number of ether oxygens (including phenoxy) is 1. The molecule has 1 aromatic rings. The molecule has 7 heteroatoms. The van der Waals surface area contributed by atoms with Crippen molar-refractivity contribution in [3.63, 3.8) is 0 Å². The van der Waals surface area contributed by atoms with Gasteiger partial charge < -0.3 is 9.64 Å². The second-order valence-corrected chi connectivity index (χ2v) is 3.54. The smallest absolute Gasteiger partial charge is 0.307 e. The lowest BCUT2D eigenvalue weighted by atomic mass is 10.3. The van der Waals surface area contributed by atoms with Crippen LogP contribution >= 0.6 is 0 Å². The van der Waals surface area contributed by atoms with Crippen LogP contribution in [0.2, 0.25) is 0 Å². The van der Waals surface area contributed by atoms with Gasteiger partial charge in [-0.1, -0.05) is 0 Å². The van der Waals surface area contributed by atoms with E-state index in [0.717, 1.165) is 4.90 Å². The topological polar surface area (TPSA) is 42.4 Å². The van der Waals surface area contributed by atoms with Gasteiger partial charge in [-0.25, -0.2) is 9.37 Å². The first-order valence-electron chi connectivity index (χ1n) is 5.33. The fourth-order valence-corrected chi connectivity index (χ4v) is 1.39. The third-order valence-electron chi connectivity index (χ3n) is 2.24. The predicted octanol–water partition coefficient (Wildman–Crippen LogP) is 1.89. The van der Waals surface area contributed by atoms with Crippen LogP contribution in [0.1, 0.15) is 13.3 Å². The summed E-state index contributed by atoms with van der Waals surface area (Å²) in [4.78, 5) is 15.1. The minimum absolute atomic E-state index is 0.0100. The third-order valence-corrected chi connectivity index (χ3v) is 2.24. The molecule has 0 unspecified atom stereocenters. The predicted molar refractivity (Wildman–Crippen MR) is 58.6 cm³/mol. The van der Waals surface area contributed by atoms with Gasteiger partial charge in [0.25, 0.3) is 5.95 Å². The number of rotatable bonds is 5. The molecule has 0 saturated heterocycles. The zero-order valence-electron chi connectivity index (χ0n) is 10.0. The highest BCUT2D eigenvalue weighted by atomic mass is 19.2. The SMILES string of the molecule is CCOC(=O)CCN(C)c1c(F)cnc(F)c1F. The first kappa shape index (κ1) is 14.3. The number of hydrogen-bond donors (Lipinski definition) is 0. The maximum Gasteiger partial charge on any atom is 0.307 e. The van der Waals surface area contributed by atoms with Crippen molar-refractivity contribution in [3.05, 3.63) is 23.8 Å². The van der Waals surface area contributed by atoms with Crippen LogP contribution in [-0.4, -0.2) is 31.2 Å². The number of halogens is 3. The lowest BCUT2D eigenvalue weighted by Gasteiger charge is -2.19. The Morgan fingerprint density at radius 2 is 2.11 bits per heavy atom. The largest absolute Gasteiger partial charge is 0.466 e. The molecule has 18 heavy (non-hydrogen) atoms. The van der Waals surface area contributed by atoms with Crippen molar-refractivity contribution in [3.8, 4) is 0 Å². The fourth-order valence-electron chi connectivity index (χ4n) is 1.39. The van der Waals surface area contributed by atoms with Crippen LogP contribution in [0.4, 0.5) is 18.9 Å². The Morgan fingerprint density at radius 3 is 2.72 bits per heavy atom. The van der Waals surface area contributed by atoms with Crippen molar-refractivity contribution in [2.45, 2.75) is 13.3 Å². The highest BCUT2D eigenvalue weighted by Crippen LogP contribution is 2.23. The van der Waals surface area contributed by atoms with E-state index in [-0.39, 0.29) is 19.6 Å². The Bertz CT molecular complexity index is 441. The summed E-state index contributed by atoms with van der Waals surface area (Å²) >= 11 is 0. The molecule has 0 aliphatic rings. The van der Waals surface area contributed by atoms with E-state index >= 15 is 0 Å². The summed E-state index contributed by atoms with van der Waals surface area (Å²) in [5.41, 5.74) is -0.549. The molecule has 1 heterocycles. The number of pyridine rings is 1. The number of aromatic nitrogens is 1. The van der Waals surface area contributed by atoms with Crippen LogP contribution < -0.4 is 4.90 Å². The molecule has 0 aromatic carbocycles. The summed E-state index contributed by atoms with van der Waals surface area (Å²) < 4.78 is 44.2. The molecule has 1 aromatic heterocycles. The van der Waals surface area contributed by atoms with Gasteiger partial charge in [0.05, 0.1) is 19.2 Å². The molecular weight excluding hydrogens is 249 g/mol. The second-order valence-electron chi connectivity index (χ2n) is 3.54. The van der Waals surface area contributed by atoms with Crippen LogP contribution in [0, 0.1) is 17.6 Å². The Labute approximate surface area is 102 Å². The van der Waals surface area contributed by atoms with Crippen molar-refractivity contribution >= 4 is 11.7 Å². The quantitative estimate of drug-likeness (QED) is 0.600. The van der Waals surface area contributed by atoms with Crippen LogP contribution in [0.25, 0.3) is 0 Å². The van der Waals surface area contributed by atoms with E-state index in [1.54, 1.807) is 6.92 Å². The summed E-state index contributed by atoms with van der Waals surface area (Å²) in [6.45, 7) is 1.89. The van der Waals surface area contributed by atoms with Gasteiger partial charge >= 0.3 is 5.97 Å². The molecule has 0 aliphatic heterocycles. The van der Waals surface area contributed by atoms with E-state index in [9.17, 15) is 18.0 Å². The molecule has 0 bridgehead atoms. The Balaban J connectivity index is 2.75. The lowest BCUT2D eigenvalue weighted by Crippen LogP contribution is -2.24. The standard InChI is InChI=1S/C11H13F3N2O2/c1-3-18-8(17)4-5-16(2)10-7(12)6-15-11(14)9(10)13/h6H,3-5H2,1-2H3. The van der Waals surface area contributed by atoms with Crippen LogP contribution in [-0.2, 0) is 9.53 Å². The zero-order valence-corrected chi connectivity index (χ0v) is 10.0. The molecule has 0 amide bonds. The number of nitrogens with zero attached hydrogens (tertiary/aromatic N) is 2. The van der Waals surface area contributed by atoms with Gasteiger partial charge in [0.1, 0.15) is 5.69 Å². The van der Waals surface area contributed by atoms with E-state index in [1.807, 2.05) is 0 Å². The fraction of sp³-hybridized carbons (Fsp3) is 0.455. The molecule has 0 atom stereocenters. The molecule has 0 N–H and O–H groups in total. The van der Waals surface area contributed by atoms with Gasteiger partial charge in [-0.15, -0.1) is 0 Å². The van der Waals surface area contributed by atoms with Crippen molar-refractivity contribution in [1.29, 1.82) is 0 Å². The van der Waals surface area contributed by atoms with Gasteiger partial charge in [-0.3, -0.25) is 4.79 Å². The van der Waals surface area contributed by atoms with Crippen LogP contribution in [0.15, 0.2) is 6.20 Å². The van der Waals surface area contributed by atoms with E-state index in [2.05, 4.69) is 9.72 Å². The summed E-state index contributed by atoms with van der Waals surface area (Å²) in [5.74, 6) is -4.23. The first-order valence-corrected chi connectivity index (χ1v) is 5.33. The molecule has 0 fully saturated rings. The normalized spacial score (nSPS) is 10.3. The third kappa shape index (κ3) is 3.35. The molecule has 4 nitrogen and oxygen atoms in total. The Kier molecular flexibility index (Phi) is 4.94. The highest BCUT2D eigenvalue weighted by molar-refractivity contribution is 5.70. The van der Waals surface area contributed by atoms with E-state index in [4.69, 9.17) is 0 Å². The van der Waals surface area contributed by atoms with Gasteiger partial charge in [-0.05, 0) is 6.92 Å². The summed E-state index contributed by atoms with van der Waals surface area (Å²) in [7, 11) is 1.35. The van der Waals surface area contributed by atoms with Crippen LogP contribution in [0.3, 0.4) is 0 Å². The maximum absolute atomic E-state index is 13.4. The van der Waals surface area contributed by atoms with Crippen LogP contribution in [0.5, 0.6) is 0 Å². The highest BCUT2D eigenvalue weighted by Gasteiger charge is 2.19. The number of anilines is 1. The number of carbonyl (C=O) groups excluding carboxylic acids is 1. The Hall–Kier alpha value is -1.79. The van der Waals surface area contributed by atoms with E-state index in [1.165, 1.54) is 7.05 Å². The second kappa shape index (κ2) is 6.23. The van der Waals surface area contributed by atoms with Crippen molar-refractivity contribution in [2.75, 3.05) is 25.1 Å². The van der Waals surface area contributed by atoms with Crippen molar-refractivity contribution < 1.29 is 22.7 Å². The monoisotopic (exact) mass is 262 g/mol. The average molecular weight is 262 g/mol. The van der Waals surface area contributed by atoms with E-state index < -0.39 is 29.2 Å². The summed E-state index contributed by atoms with van der Waals surface area (Å²) in [6, 6.07) is 0. The number of esters is 1. The zero-order chi connectivity index (χ0) is 13.7. The van der Waals surface area contributed by atoms with Gasteiger partial charge in [0.15, 0.2) is 5.82 Å². The molecule has 0 aliphatic carbocycles. The summed E-state index contributed by atoms with van der Waals surface area (Å²) in [6.07, 6.45) is 0.543. The van der Waals surface area contributed by atoms with E-state index in [0.29, 0.717) is 6.20 Å². The molecule has 0 saturated carbocycles. The maximum atomic E-state index is 13.4. The average Bonchev–Trinajstić information content (AvgIpc) is 2.32. The number of hydrogen-bond acceptors (Lipinski definition) is 4.